The summed E-state index contributed by atoms with van der Waals surface area (Å²) in [5.74, 6) is 0.475. The second-order valence-electron chi connectivity index (χ2n) is 6.75. The Balaban J connectivity index is 2.13. The number of aromatic hydroxyl groups is 1. The van der Waals surface area contributed by atoms with Gasteiger partial charge in [-0.25, -0.2) is 4.79 Å². The number of ether oxygens (including phenoxy) is 1. The summed E-state index contributed by atoms with van der Waals surface area (Å²) in [6.07, 6.45) is 2.10. The van der Waals surface area contributed by atoms with Crippen LogP contribution in [0.1, 0.15) is 48.3 Å². The predicted octanol–water partition coefficient (Wildman–Crippen LogP) is 5.92. The molecule has 4 nitrogen and oxygen atoms in total. The Labute approximate surface area is 170 Å². The molecule has 5 heteroatoms. The zero-order valence-electron chi connectivity index (χ0n) is 16.7. The maximum absolute atomic E-state index is 12.8. The third kappa shape index (κ3) is 4.04. The first kappa shape index (κ1) is 20.3. The van der Waals surface area contributed by atoms with E-state index in [0.717, 1.165) is 46.4 Å². The lowest BCUT2D eigenvalue weighted by Crippen LogP contribution is -2.08. The molecule has 0 fully saturated rings. The Morgan fingerprint density at radius 1 is 1.14 bits per heavy atom. The molecule has 0 saturated carbocycles. The molecule has 0 bridgehead atoms. The number of phenols is 1. The molecule has 0 atom stereocenters. The zero-order valence-corrected chi connectivity index (χ0v) is 17.5. The summed E-state index contributed by atoms with van der Waals surface area (Å²) in [5, 5.41) is 11.4. The molecular formula is C23H27NO3S. The van der Waals surface area contributed by atoms with Crippen LogP contribution in [0.25, 0.3) is 10.9 Å². The minimum absolute atomic E-state index is 0.217. The Morgan fingerprint density at radius 3 is 2.57 bits per heavy atom. The van der Waals surface area contributed by atoms with Crippen molar-refractivity contribution in [3.05, 3.63) is 59.3 Å². The van der Waals surface area contributed by atoms with Crippen molar-refractivity contribution in [3.63, 3.8) is 0 Å². The van der Waals surface area contributed by atoms with Crippen LogP contribution in [0, 0.1) is 6.92 Å². The Morgan fingerprint density at radius 2 is 1.89 bits per heavy atom. The molecule has 0 spiro atoms. The second kappa shape index (κ2) is 9.20. The summed E-state index contributed by atoms with van der Waals surface area (Å²) in [7, 11) is 0. The number of thioether (sulfide) groups is 1. The Kier molecular flexibility index (Phi) is 6.68. The molecule has 28 heavy (non-hydrogen) atoms. The van der Waals surface area contributed by atoms with E-state index in [0.29, 0.717) is 17.9 Å². The van der Waals surface area contributed by atoms with Crippen LogP contribution in [0.4, 0.5) is 0 Å². The van der Waals surface area contributed by atoms with Crippen molar-refractivity contribution in [2.45, 2.75) is 50.8 Å². The van der Waals surface area contributed by atoms with Crippen molar-refractivity contribution in [1.82, 2.24) is 4.57 Å². The molecule has 1 heterocycles. The van der Waals surface area contributed by atoms with Gasteiger partial charge in [-0.15, -0.1) is 11.8 Å². The molecule has 0 radical (unpaired) electrons. The van der Waals surface area contributed by atoms with Crippen LogP contribution in [0.15, 0.2) is 47.4 Å². The Bertz CT molecular complexity index is 963. The lowest BCUT2D eigenvalue weighted by molar-refractivity contribution is 0.0527. The number of hydrogen-bond donors (Lipinski definition) is 1. The molecule has 1 N–H and O–H groups in total. The fourth-order valence-electron chi connectivity index (χ4n) is 3.50. The number of nitrogens with zero attached hydrogens (tertiary/aromatic N) is 1. The highest BCUT2D eigenvalue weighted by molar-refractivity contribution is 7.98. The number of aromatic nitrogens is 1. The monoisotopic (exact) mass is 397 g/mol. The van der Waals surface area contributed by atoms with Crippen LogP contribution in [-0.4, -0.2) is 22.2 Å². The molecular weight excluding hydrogens is 370 g/mol. The first-order valence-electron chi connectivity index (χ1n) is 9.77. The smallest absolute Gasteiger partial charge is 0.340 e. The van der Waals surface area contributed by atoms with Crippen LogP contribution in [0.2, 0.25) is 0 Å². The first-order valence-corrected chi connectivity index (χ1v) is 10.8. The van der Waals surface area contributed by atoms with Gasteiger partial charge in [0.2, 0.25) is 0 Å². The van der Waals surface area contributed by atoms with Gasteiger partial charge in [0.05, 0.1) is 12.2 Å². The number of benzene rings is 2. The summed E-state index contributed by atoms with van der Waals surface area (Å²) in [5.41, 5.74) is 3.24. The number of fused-ring (bicyclic) bond motifs is 1. The summed E-state index contributed by atoms with van der Waals surface area (Å²) < 4.78 is 7.53. The van der Waals surface area contributed by atoms with E-state index in [9.17, 15) is 9.90 Å². The largest absolute Gasteiger partial charge is 0.508 e. The number of esters is 1. The number of hydrogen-bond acceptors (Lipinski definition) is 4. The maximum Gasteiger partial charge on any atom is 0.340 e. The minimum Gasteiger partial charge on any atom is -0.508 e. The van der Waals surface area contributed by atoms with Gasteiger partial charge in [0, 0.05) is 39.4 Å². The first-order chi connectivity index (χ1) is 13.6. The summed E-state index contributed by atoms with van der Waals surface area (Å²) in [6, 6.07) is 13.7. The molecule has 0 saturated heterocycles. The molecule has 0 aliphatic rings. The molecule has 0 aliphatic heterocycles. The number of rotatable bonds is 8. The third-order valence-corrected chi connectivity index (χ3v) is 5.95. The van der Waals surface area contributed by atoms with E-state index in [1.165, 1.54) is 0 Å². The van der Waals surface area contributed by atoms with Crippen LogP contribution < -0.4 is 0 Å². The van der Waals surface area contributed by atoms with E-state index in [2.05, 4.69) is 11.5 Å². The van der Waals surface area contributed by atoms with Crippen LogP contribution in [0.5, 0.6) is 5.75 Å². The molecule has 3 aromatic rings. The van der Waals surface area contributed by atoms with Crippen molar-refractivity contribution in [2.24, 2.45) is 0 Å². The van der Waals surface area contributed by atoms with Gasteiger partial charge in [0.1, 0.15) is 5.75 Å². The molecule has 0 aliphatic carbocycles. The highest BCUT2D eigenvalue weighted by Crippen LogP contribution is 2.38. The fourth-order valence-corrected chi connectivity index (χ4v) is 4.45. The summed E-state index contributed by atoms with van der Waals surface area (Å²) in [6.45, 7) is 7.10. The van der Waals surface area contributed by atoms with E-state index >= 15 is 0 Å². The van der Waals surface area contributed by atoms with E-state index in [1.54, 1.807) is 17.8 Å². The van der Waals surface area contributed by atoms with E-state index in [4.69, 9.17) is 4.74 Å². The predicted molar refractivity (Wildman–Crippen MR) is 115 cm³/mol. The molecule has 0 unspecified atom stereocenters. The average molecular weight is 398 g/mol. The second-order valence-corrected chi connectivity index (χ2v) is 7.79. The number of unbranched alkanes of at least 4 members (excludes halogenated alkanes) is 1. The van der Waals surface area contributed by atoms with E-state index in [-0.39, 0.29) is 11.7 Å². The van der Waals surface area contributed by atoms with Gasteiger partial charge in [-0.3, -0.25) is 0 Å². The zero-order chi connectivity index (χ0) is 20.1. The van der Waals surface area contributed by atoms with Gasteiger partial charge in [-0.2, -0.15) is 0 Å². The maximum atomic E-state index is 12.8. The van der Waals surface area contributed by atoms with E-state index < -0.39 is 0 Å². The topological polar surface area (TPSA) is 51.5 Å². The normalized spacial score (nSPS) is 11.1. The van der Waals surface area contributed by atoms with Gasteiger partial charge in [-0.1, -0.05) is 31.5 Å². The number of aryl methyl sites for hydroxylation is 1. The van der Waals surface area contributed by atoms with Crippen molar-refractivity contribution in [2.75, 3.05) is 6.61 Å². The lowest BCUT2D eigenvalue weighted by atomic mass is 10.0. The SMILES string of the molecule is CCCCn1c(C)c(C(=O)OCC)c2c(CSc3ccccc3)c(O)ccc21. The van der Waals surface area contributed by atoms with Crippen molar-refractivity contribution >= 4 is 28.6 Å². The van der Waals surface area contributed by atoms with E-state index in [1.807, 2.05) is 50.2 Å². The minimum atomic E-state index is -0.322. The molecule has 3 rings (SSSR count). The van der Waals surface area contributed by atoms with Crippen LogP contribution >= 0.6 is 11.8 Å². The van der Waals surface area contributed by atoms with Gasteiger partial charge >= 0.3 is 5.97 Å². The average Bonchev–Trinajstić information content (AvgIpc) is 2.98. The molecule has 2 aromatic carbocycles. The Hall–Kier alpha value is -2.40. The molecule has 148 valence electrons. The van der Waals surface area contributed by atoms with Gasteiger partial charge < -0.3 is 14.4 Å². The third-order valence-electron chi connectivity index (χ3n) is 4.91. The lowest BCUT2D eigenvalue weighted by Gasteiger charge is -2.10. The molecule has 0 amide bonds. The highest BCUT2D eigenvalue weighted by Gasteiger charge is 2.24. The number of carbonyl (C=O) groups excluding carboxylic acids is 1. The quantitative estimate of drug-likeness (QED) is 0.378. The summed E-state index contributed by atoms with van der Waals surface area (Å²) >= 11 is 1.65. The summed E-state index contributed by atoms with van der Waals surface area (Å²) in [4.78, 5) is 13.9. The van der Waals surface area contributed by atoms with Crippen LogP contribution in [-0.2, 0) is 17.0 Å². The van der Waals surface area contributed by atoms with Crippen molar-refractivity contribution in [1.29, 1.82) is 0 Å². The fraction of sp³-hybridized carbons (Fsp3) is 0.348. The number of carbonyl (C=O) groups is 1. The standard InChI is InChI=1S/C23H27NO3S/c1-4-6-14-24-16(3)21(23(26)27-5-2)22-18(20(25)13-12-19(22)24)15-28-17-10-8-7-9-11-17/h7-13,25H,4-6,14-15H2,1-3H3. The number of phenolic OH excluding ortho intramolecular Hbond substituents is 1. The van der Waals surface area contributed by atoms with Crippen molar-refractivity contribution < 1.29 is 14.6 Å². The molecule has 1 aromatic heterocycles. The van der Waals surface area contributed by atoms with Gasteiger partial charge in [0.25, 0.3) is 0 Å². The van der Waals surface area contributed by atoms with Gasteiger partial charge in [0.15, 0.2) is 0 Å². The van der Waals surface area contributed by atoms with Crippen molar-refractivity contribution in [3.8, 4) is 5.75 Å². The van der Waals surface area contributed by atoms with Gasteiger partial charge in [-0.05, 0) is 44.5 Å². The van der Waals surface area contributed by atoms with Crippen LogP contribution in [0.3, 0.4) is 0 Å². The highest BCUT2D eigenvalue weighted by atomic mass is 32.2.